The molecular weight excluding hydrogens is 252 g/mol. The van der Waals surface area contributed by atoms with Crippen molar-refractivity contribution < 1.29 is 9.53 Å². The first kappa shape index (κ1) is 13.9. The molecule has 0 saturated carbocycles. The van der Waals surface area contributed by atoms with E-state index in [4.69, 9.17) is 4.74 Å². The van der Waals surface area contributed by atoms with Gasteiger partial charge in [0.2, 0.25) is 0 Å². The first-order chi connectivity index (χ1) is 9.79. The van der Waals surface area contributed by atoms with Gasteiger partial charge in [0.25, 0.3) is 0 Å². The van der Waals surface area contributed by atoms with Crippen LogP contribution in [0.3, 0.4) is 0 Å². The molecule has 2 aromatic rings. The molecule has 0 aromatic heterocycles. The van der Waals surface area contributed by atoms with Crippen molar-refractivity contribution in [1.82, 2.24) is 10.6 Å². The Bertz CT molecular complexity index is 596. The van der Waals surface area contributed by atoms with E-state index in [9.17, 15) is 4.79 Å². The number of hydrogen-bond acceptors (Lipinski definition) is 2. The average molecular weight is 270 g/mol. The molecule has 0 heterocycles. The van der Waals surface area contributed by atoms with E-state index in [1.165, 1.54) is 5.39 Å². The smallest absolute Gasteiger partial charge is 0.315 e. The molecule has 2 aromatic carbocycles. The Morgan fingerprint density at radius 1 is 1.15 bits per heavy atom. The van der Waals surface area contributed by atoms with Gasteiger partial charge in [-0.25, -0.2) is 4.79 Å². The molecule has 0 radical (unpaired) electrons. The van der Waals surface area contributed by atoms with Crippen LogP contribution in [0.1, 0.15) is 0 Å². The molecule has 2 amide bonds. The summed E-state index contributed by atoms with van der Waals surface area (Å²) < 4.78 is 5.61. The quantitative estimate of drug-likeness (QED) is 0.626. The van der Waals surface area contributed by atoms with E-state index in [-0.39, 0.29) is 6.03 Å². The predicted octanol–water partition coefficient (Wildman–Crippen LogP) is 2.70. The first-order valence-corrected chi connectivity index (χ1v) is 6.54. The van der Waals surface area contributed by atoms with E-state index < -0.39 is 0 Å². The number of hydrogen-bond donors (Lipinski definition) is 2. The molecule has 20 heavy (non-hydrogen) atoms. The number of fused-ring (bicyclic) bond motifs is 1. The Hall–Kier alpha value is -2.49. The zero-order chi connectivity index (χ0) is 14.2. The Morgan fingerprint density at radius 3 is 2.75 bits per heavy atom. The van der Waals surface area contributed by atoms with E-state index in [1.807, 2.05) is 36.4 Å². The highest BCUT2D eigenvalue weighted by Gasteiger charge is 1.99. The highest BCUT2D eigenvalue weighted by molar-refractivity contribution is 5.83. The highest BCUT2D eigenvalue weighted by atomic mass is 16.5. The van der Waals surface area contributed by atoms with Gasteiger partial charge in [-0.15, -0.1) is 6.58 Å². The Kier molecular flexibility index (Phi) is 5.00. The second-order valence-electron chi connectivity index (χ2n) is 4.28. The fourth-order valence-electron chi connectivity index (χ4n) is 1.82. The van der Waals surface area contributed by atoms with Crippen molar-refractivity contribution in [1.29, 1.82) is 0 Å². The summed E-state index contributed by atoms with van der Waals surface area (Å²) in [6, 6.07) is 13.8. The molecular formula is C16H18N2O2. The van der Waals surface area contributed by atoms with E-state index in [0.717, 1.165) is 11.1 Å². The lowest BCUT2D eigenvalue weighted by Gasteiger charge is -2.09. The summed E-state index contributed by atoms with van der Waals surface area (Å²) >= 11 is 0. The van der Waals surface area contributed by atoms with E-state index in [0.29, 0.717) is 19.7 Å². The average Bonchev–Trinajstić information content (AvgIpc) is 2.49. The van der Waals surface area contributed by atoms with Crippen LogP contribution in [0, 0.1) is 0 Å². The van der Waals surface area contributed by atoms with Crippen LogP contribution in [-0.4, -0.2) is 25.7 Å². The third-order valence-electron chi connectivity index (χ3n) is 2.78. The lowest BCUT2D eigenvalue weighted by atomic mass is 10.1. The first-order valence-electron chi connectivity index (χ1n) is 6.54. The summed E-state index contributed by atoms with van der Waals surface area (Å²) in [6.07, 6.45) is 1.63. The predicted molar refractivity (Wildman–Crippen MR) is 81.0 cm³/mol. The minimum atomic E-state index is -0.216. The SMILES string of the molecule is C=CCNC(=O)NCCOc1ccc2ccccc2c1. The summed E-state index contributed by atoms with van der Waals surface area (Å²) in [5, 5.41) is 7.66. The third kappa shape index (κ3) is 4.02. The van der Waals surface area contributed by atoms with Crippen molar-refractivity contribution in [3.05, 3.63) is 55.1 Å². The van der Waals surface area contributed by atoms with E-state index >= 15 is 0 Å². The summed E-state index contributed by atoms with van der Waals surface area (Å²) in [4.78, 5) is 11.3. The molecule has 0 unspecified atom stereocenters. The fourth-order valence-corrected chi connectivity index (χ4v) is 1.82. The lowest BCUT2D eigenvalue weighted by molar-refractivity contribution is 0.237. The minimum Gasteiger partial charge on any atom is -0.492 e. The van der Waals surface area contributed by atoms with Crippen LogP contribution in [0.15, 0.2) is 55.1 Å². The zero-order valence-corrected chi connectivity index (χ0v) is 11.3. The number of nitrogens with one attached hydrogen (secondary N) is 2. The van der Waals surface area contributed by atoms with Gasteiger partial charge in [-0.05, 0) is 22.9 Å². The molecule has 0 aliphatic rings. The standard InChI is InChI=1S/C16H18N2O2/c1-2-9-17-16(19)18-10-11-20-15-8-7-13-5-3-4-6-14(13)12-15/h2-8,12H,1,9-11H2,(H2,17,18,19). The van der Waals surface area contributed by atoms with Gasteiger partial charge < -0.3 is 15.4 Å². The molecule has 4 heteroatoms. The number of amides is 2. The Labute approximate surface area is 118 Å². The molecule has 0 bridgehead atoms. The minimum absolute atomic E-state index is 0.216. The maximum atomic E-state index is 11.3. The van der Waals surface area contributed by atoms with Crippen molar-refractivity contribution in [2.24, 2.45) is 0 Å². The maximum Gasteiger partial charge on any atom is 0.315 e. The molecule has 0 atom stereocenters. The summed E-state index contributed by atoms with van der Waals surface area (Å²) in [5.74, 6) is 0.803. The van der Waals surface area contributed by atoms with Gasteiger partial charge in [-0.3, -0.25) is 0 Å². The molecule has 0 spiro atoms. The van der Waals surface area contributed by atoms with Crippen LogP contribution in [0.4, 0.5) is 4.79 Å². The second kappa shape index (κ2) is 7.19. The van der Waals surface area contributed by atoms with Gasteiger partial charge in [0.15, 0.2) is 0 Å². The molecule has 0 fully saturated rings. The lowest BCUT2D eigenvalue weighted by Crippen LogP contribution is -2.37. The van der Waals surface area contributed by atoms with Gasteiger partial charge in [-0.2, -0.15) is 0 Å². The van der Waals surface area contributed by atoms with Gasteiger partial charge in [0, 0.05) is 6.54 Å². The summed E-state index contributed by atoms with van der Waals surface area (Å²) in [7, 11) is 0. The molecule has 104 valence electrons. The summed E-state index contributed by atoms with van der Waals surface area (Å²) in [6.45, 7) is 4.87. The third-order valence-corrected chi connectivity index (χ3v) is 2.78. The Morgan fingerprint density at radius 2 is 1.95 bits per heavy atom. The fraction of sp³-hybridized carbons (Fsp3) is 0.188. The van der Waals surface area contributed by atoms with E-state index in [1.54, 1.807) is 6.08 Å². The molecule has 0 aliphatic carbocycles. The van der Waals surface area contributed by atoms with Crippen LogP contribution in [0.5, 0.6) is 5.75 Å². The molecule has 2 N–H and O–H groups in total. The van der Waals surface area contributed by atoms with Crippen molar-refractivity contribution in [3.63, 3.8) is 0 Å². The van der Waals surface area contributed by atoms with Gasteiger partial charge in [0.05, 0.1) is 6.54 Å². The Balaban J connectivity index is 1.78. The normalized spacial score (nSPS) is 10.0. The van der Waals surface area contributed by atoms with Crippen molar-refractivity contribution >= 4 is 16.8 Å². The zero-order valence-electron chi connectivity index (χ0n) is 11.3. The van der Waals surface area contributed by atoms with Gasteiger partial charge in [-0.1, -0.05) is 36.4 Å². The van der Waals surface area contributed by atoms with Crippen LogP contribution >= 0.6 is 0 Å². The maximum absolute atomic E-state index is 11.3. The molecule has 4 nitrogen and oxygen atoms in total. The van der Waals surface area contributed by atoms with E-state index in [2.05, 4.69) is 23.3 Å². The molecule has 0 saturated heterocycles. The van der Waals surface area contributed by atoms with Crippen LogP contribution < -0.4 is 15.4 Å². The van der Waals surface area contributed by atoms with Gasteiger partial charge >= 0.3 is 6.03 Å². The number of urea groups is 1. The van der Waals surface area contributed by atoms with Crippen LogP contribution in [-0.2, 0) is 0 Å². The molecule has 0 aliphatic heterocycles. The van der Waals surface area contributed by atoms with Crippen LogP contribution in [0.2, 0.25) is 0 Å². The number of carbonyl (C=O) groups excluding carboxylic acids is 1. The van der Waals surface area contributed by atoms with Crippen molar-refractivity contribution in [2.45, 2.75) is 0 Å². The molecule has 2 rings (SSSR count). The topological polar surface area (TPSA) is 50.4 Å². The van der Waals surface area contributed by atoms with Crippen molar-refractivity contribution in [2.75, 3.05) is 19.7 Å². The summed E-state index contributed by atoms with van der Waals surface area (Å²) in [5.41, 5.74) is 0. The number of carbonyl (C=O) groups is 1. The number of rotatable bonds is 6. The number of benzene rings is 2. The number of ether oxygens (including phenoxy) is 1. The van der Waals surface area contributed by atoms with Gasteiger partial charge in [0.1, 0.15) is 12.4 Å². The van der Waals surface area contributed by atoms with Crippen molar-refractivity contribution in [3.8, 4) is 5.75 Å². The monoisotopic (exact) mass is 270 g/mol. The second-order valence-corrected chi connectivity index (χ2v) is 4.28. The highest BCUT2D eigenvalue weighted by Crippen LogP contribution is 2.20. The van der Waals surface area contributed by atoms with Crippen LogP contribution in [0.25, 0.3) is 10.8 Å². The largest absolute Gasteiger partial charge is 0.492 e.